The van der Waals surface area contributed by atoms with Crippen molar-refractivity contribution in [2.45, 2.75) is 18.9 Å². The minimum Gasteiger partial charge on any atom is -0.495 e. The number of ether oxygens (including phenoxy) is 3. The molecule has 0 bridgehead atoms. The summed E-state index contributed by atoms with van der Waals surface area (Å²) in [4.78, 5) is 0. The van der Waals surface area contributed by atoms with Crippen LogP contribution in [0.5, 0.6) is 11.5 Å². The Morgan fingerprint density at radius 1 is 1.32 bits per heavy atom. The van der Waals surface area contributed by atoms with Crippen LogP contribution in [0.2, 0.25) is 5.02 Å². The second kappa shape index (κ2) is 6.17. The molecule has 0 spiro atoms. The number of halogens is 1. The van der Waals surface area contributed by atoms with E-state index in [2.05, 4.69) is 0 Å². The fourth-order valence-corrected chi connectivity index (χ4v) is 2.32. The van der Waals surface area contributed by atoms with Gasteiger partial charge in [0, 0.05) is 0 Å². The summed E-state index contributed by atoms with van der Waals surface area (Å²) in [7, 11) is 3.05. The third-order valence-electron chi connectivity index (χ3n) is 3.00. The quantitative estimate of drug-likeness (QED) is 0.923. The zero-order valence-corrected chi connectivity index (χ0v) is 11.7. The molecule has 5 heteroatoms. The highest BCUT2D eigenvalue weighted by atomic mass is 35.5. The molecule has 1 heterocycles. The van der Waals surface area contributed by atoms with Crippen LogP contribution in [0.25, 0.3) is 0 Å². The van der Waals surface area contributed by atoms with E-state index in [4.69, 9.17) is 25.8 Å². The molecule has 0 aliphatic carbocycles. The lowest BCUT2D eigenvalue weighted by Gasteiger charge is -2.21. The van der Waals surface area contributed by atoms with Crippen molar-refractivity contribution >= 4 is 11.6 Å². The lowest BCUT2D eigenvalue weighted by molar-refractivity contribution is 0.0916. The number of methoxy groups -OCH3 is 2. The number of rotatable bonds is 4. The van der Waals surface area contributed by atoms with Crippen LogP contribution in [0.1, 0.15) is 24.5 Å². The number of hydrogen-bond donors (Lipinski definition) is 1. The van der Waals surface area contributed by atoms with Gasteiger partial charge >= 0.3 is 0 Å². The first-order valence-corrected chi connectivity index (χ1v) is 6.47. The zero-order chi connectivity index (χ0) is 13.8. The molecule has 0 fully saturated rings. The van der Waals surface area contributed by atoms with Crippen molar-refractivity contribution in [3.8, 4) is 11.5 Å². The topological polar surface area (TPSA) is 47.9 Å². The van der Waals surface area contributed by atoms with Crippen LogP contribution in [0.4, 0.5) is 0 Å². The van der Waals surface area contributed by atoms with Crippen LogP contribution < -0.4 is 9.47 Å². The predicted molar refractivity (Wildman–Crippen MR) is 72.8 cm³/mol. The second-order valence-corrected chi connectivity index (χ2v) is 4.65. The van der Waals surface area contributed by atoms with Crippen LogP contribution in [0, 0.1) is 0 Å². The SMILES string of the molecule is COc1cc(C(O)C2=CCCCO2)cc(Cl)c1OC. The highest BCUT2D eigenvalue weighted by Gasteiger charge is 2.20. The number of hydrogen-bond acceptors (Lipinski definition) is 4. The molecule has 1 aliphatic heterocycles. The Bertz CT molecular complexity index is 485. The standard InChI is InChI=1S/C14H17ClO4/c1-17-12-8-9(7-10(15)14(12)18-2)13(16)11-5-3-4-6-19-11/h5,7-8,13,16H,3-4,6H2,1-2H3. The van der Waals surface area contributed by atoms with Crippen LogP contribution in [0.15, 0.2) is 24.0 Å². The molecule has 2 rings (SSSR count). The van der Waals surface area contributed by atoms with Gasteiger partial charge in [-0.15, -0.1) is 0 Å². The van der Waals surface area contributed by atoms with Crippen LogP contribution >= 0.6 is 11.6 Å². The molecule has 1 aromatic carbocycles. The van der Waals surface area contributed by atoms with Crippen molar-refractivity contribution in [2.24, 2.45) is 0 Å². The van der Waals surface area contributed by atoms with Gasteiger partial charge in [-0.2, -0.15) is 0 Å². The fraction of sp³-hybridized carbons (Fsp3) is 0.429. The molecular formula is C14H17ClO4. The Balaban J connectivity index is 2.34. The van der Waals surface area contributed by atoms with Gasteiger partial charge in [0.25, 0.3) is 0 Å². The Kier molecular flexibility index (Phi) is 4.56. The molecule has 1 atom stereocenters. The highest BCUT2D eigenvalue weighted by molar-refractivity contribution is 6.32. The van der Waals surface area contributed by atoms with E-state index >= 15 is 0 Å². The van der Waals surface area contributed by atoms with Gasteiger partial charge in [-0.25, -0.2) is 0 Å². The lowest BCUT2D eigenvalue weighted by Crippen LogP contribution is -2.10. The summed E-state index contributed by atoms with van der Waals surface area (Å²) >= 11 is 6.12. The van der Waals surface area contributed by atoms with E-state index in [1.807, 2.05) is 6.08 Å². The van der Waals surface area contributed by atoms with Crippen LogP contribution in [0.3, 0.4) is 0 Å². The summed E-state index contributed by atoms with van der Waals surface area (Å²) in [6.45, 7) is 0.629. The first-order valence-electron chi connectivity index (χ1n) is 6.09. The maximum atomic E-state index is 10.3. The third kappa shape index (κ3) is 2.96. The molecule has 0 aromatic heterocycles. The van der Waals surface area contributed by atoms with E-state index < -0.39 is 6.10 Å². The average molecular weight is 285 g/mol. The number of aliphatic hydroxyl groups is 1. The van der Waals surface area contributed by atoms with Crippen LogP contribution in [-0.2, 0) is 4.74 Å². The molecule has 19 heavy (non-hydrogen) atoms. The molecule has 0 saturated carbocycles. The Morgan fingerprint density at radius 3 is 2.68 bits per heavy atom. The Labute approximate surface area is 117 Å². The summed E-state index contributed by atoms with van der Waals surface area (Å²) in [5.41, 5.74) is 0.621. The molecule has 1 N–H and O–H groups in total. The molecule has 104 valence electrons. The van der Waals surface area contributed by atoms with Crippen molar-refractivity contribution in [2.75, 3.05) is 20.8 Å². The number of benzene rings is 1. The molecule has 1 unspecified atom stereocenters. The number of allylic oxidation sites excluding steroid dienone is 1. The van der Waals surface area contributed by atoms with E-state index in [1.54, 1.807) is 12.1 Å². The van der Waals surface area contributed by atoms with Gasteiger partial charge in [0.2, 0.25) is 0 Å². The molecular weight excluding hydrogens is 268 g/mol. The normalized spacial score (nSPS) is 16.3. The predicted octanol–water partition coefficient (Wildman–Crippen LogP) is 3.08. The van der Waals surface area contributed by atoms with Gasteiger partial charge in [0.05, 0.1) is 25.8 Å². The third-order valence-corrected chi connectivity index (χ3v) is 3.28. The van der Waals surface area contributed by atoms with E-state index in [1.165, 1.54) is 14.2 Å². The molecule has 1 aromatic rings. The van der Waals surface area contributed by atoms with Crippen molar-refractivity contribution in [1.82, 2.24) is 0 Å². The molecule has 4 nitrogen and oxygen atoms in total. The van der Waals surface area contributed by atoms with E-state index in [9.17, 15) is 5.11 Å². The zero-order valence-electron chi connectivity index (χ0n) is 11.0. The first kappa shape index (κ1) is 14.0. The molecule has 0 radical (unpaired) electrons. The first-order chi connectivity index (χ1) is 9.17. The fourth-order valence-electron chi connectivity index (χ4n) is 2.03. The largest absolute Gasteiger partial charge is 0.495 e. The smallest absolute Gasteiger partial charge is 0.179 e. The summed E-state index contributed by atoms with van der Waals surface area (Å²) in [5, 5.41) is 10.7. The van der Waals surface area contributed by atoms with E-state index in [0.29, 0.717) is 34.5 Å². The maximum Gasteiger partial charge on any atom is 0.179 e. The van der Waals surface area contributed by atoms with Gasteiger partial charge in [-0.1, -0.05) is 11.6 Å². The van der Waals surface area contributed by atoms with Crippen molar-refractivity contribution in [3.05, 3.63) is 34.6 Å². The van der Waals surface area contributed by atoms with Crippen LogP contribution in [-0.4, -0.2) is 25.9 Å². The number of aliphatic hydroxyl groups excluding tert-OH is 1. The van der Waals surface area contributed by atoms with Gasteiger partial charge in [-0.05, 0) is 36.6 Å². The lowest BCUT2D eigenvalue weighted by atomic mass is 10.0. The van der Waals surface area contributed by atoms with Crippen molar-refractivity contribution in [3.63, 3.8) is 0 Å². The summed E-state index contributed by atoms with van der Waals surface area (Å²) in [6.07, 6.45) is 2.95. The van der Waals surface area contributed by atoms with Gasteiger partial charge in [-0.3, -0.25) is 0 Å². The van der Waals surface area contributed by atoms with Crippen molar-refractivity contribution in [1.29, 1.82) is 0 Å². The minimum absolute atomic E-state index is 0.396. The summed E-state index contributed by atoms with van der Waals surface area (Å²) < 4.78 is 15.8. The second-order valence-electron chi connectivity index (χ2n) is 4.24. The summed E-state index contributed by atoms with van der Waals surface area (Å²) in [5.74, 6) is 1.51. The minimum atomic E-state index is -0.836. The van der Waals surface area contributed by atoms with Gasteiger partial charge in [0.15, 0.2) is 11.5 Å². The Hall–Kier alpha value is -1.39. The maximum absolute atomic E-state index is 10.3. The van der Waals surface area contributed by atoms with Crippen molar-refractivity contribution < 1.29 is 19.3 Å². The summed E-state index contributed by atoms with van der Waals surface area (Å²) in [6, 6.07) is 3.36. The van der Waals surface area contributed by atoms with E-state index in [-0.39, 0.29) is 0 Å². The van der Waals surface area contributed by atoms with Gasteiger partial charge < -0.3 is 19.3 Å². The molecule has 0 amide bonds. The van der Waals surface area contributed by atoms with Gasteiger partial charge in [0.1, 0.15) is 11.9 Å². The highest BCUT2D eigenvalue weighted by Crippen LogP contribution is 2.39. The van der Waals surface area contributed by atoms with E-state index in [0.717, 1.165) is 12.8 Å². The average Bonchev–Trinajstić information content (AvgIpc) is 2.46. The molecule has 1 aliphatic rings. The monoisotopic (exact) mass is 284 g/mol. The Morgan fingerprint density at radius 2 is 2.11 bits per heavy atom. The molecule has 0 saturated heterocycles.